The summed E-state index contributed by atoms with van der Waals surface area (Å²) in [5, 5.41) is 4.76. The van der Waals surface area contributed by atoms with Crippen molar-refractivity contribution in [3.63, 3.8) is 0 Å². The molecule has 2 aromatic heterocycles. The van der Waals surface area contributed by atoms with Gasteiger partial charge in [0.25, 0.3) is 5.89 Å². The molecule has 0 spiro atoms. The molecule has 0 radical (unpaired) electrons. The van der Waals surface area contributed by atoms with Crippen LogP contribution in [0.15, 0.2) is 16.7 Å². The van der Waals surface area contributed by atoms with Crippen LogP contribution in [0.5, 0.6) is 0 Å². The number of aromatic nitrogens is 2. The molecule has 0 saturated heterocycles. The average Bonchev–Trinajstić information content (AvgIpc) is 2.86. The third kappa shape index (κ3) is 1.64. The molecule has 90 valence electrons. The van der Waals surface area contributed by atoms with Crippen LogP contribution < -0.4 is 5.73 Å². The Labute approximate surface area is 103 Å². The molecule has 6 heteroatoms. The minimum absolute atomic E-state index is 0.329. The van der Waals surface area contributed by atoms with E-state index in [1.165, 1.54) is 11.3 Å². The van der Waals surface area contributed by atoms with E-state index in [0.29, 0.717) is 11.7 Å². The summed E-state index contributed by atoms with van der Waals surface area (Å²) in [4.78, 5) is 5.31. The van der Waals surface area contributed by atoms with Crippen molar-refractivity contribution in [3.8, 4) is 10.8 Å². The van der Waals surface area contributed by atoms with Crippen LogP contribution in [-0.2, 0) is 10.3 Å². The van der Waals surface area contributed by atoms with Gasteiger partial charge in [0, 0.05) is 7.11 Å². The van der Waals surface area contributed by atoms with Crippen molar-refractivity contribution >= 4 is 16.3 Å². The molecule has 0 amide bonds. The van der Waals surface area contributed by atoms with Gasteiger partial charge in [-0.2, -0.15) is 4.98 Å². The van der Waals surface area contributed by atoms with E-state index in [-0.39, 0.29) is 5.60 Å². The zero-order valence-corrected chi connectivity index (χ0v) is 10.3. The zero-order valence-electron chi connectivity index (χ0n) is 9.47. The van der Waals surface area contributed by atoms with Gasteiger partial charge in [0.2, 0.25) is 5.82 Å². The first kappa shape index (κ1) is 10.7. The SMILES string of the molecule is COC1(c2noc(-c3ccc(N)s3)n2)CCC1. The van der Waals surface area contributed by atoms with E-state index in [1.54, 1.807) is 7.11 Å². The Balaban J connectivity index is 1.92. The molecule has 0 atom stereocenters. The number of thiophene rings is 1. The fourth-order valence-electron chi connectivity index (χ4n) is 1.99. The van der Waals surface area contributed by atoms with Crippen molar-refractivity contribution in [3.05, 3.63) is 18.0 Å². The largest absolute Gasteiger partial charge is 0.391 e. The summed E-state index contributed by atoms with van der Waals surface area (Å²) in [6, 6.07) is 3.72. The molecule has 0 unspecified atom stereocenters. The Morgan fingerprint density at radius 2 is 2.29 bits per heavy atom. The fourth-order valence-corrected chi connectivity index (χ4v) is 2.69. The molecule has 2 heterocycles. The predicted octanol–water partition coefficient (Wildman–Crippen LogP) is 2.41. The highest BCUT2D eigenvalue weighted by Gasteiger charge is 2.43. The van der Waals surface area contributed by atoms with Crippen molar-refractivity contribution in [1.29, 1.82) is 0 Å². The molecule has 1 aliphatic carbocycles. The van der Waals surface area contributed by atoms with Crippen LogP contribution >= 0.6 is 11.3 Å². The van der Waals surface area contributed by atoms with Crippen LogP contribution in [0.2, 0.25) is 0 Å². The van der Waals surface area contributed by atoms with Crippen LogP contribution in [0, 0.1) is 0 Å². The number of anilines is 1. The lowest BCUT2D eigenvalue weighted by molar-refractivity contribution is -0.0858. The third-order valence-corrected chi connectivity index (χ3v) is 4.13. The molecule has 2 N–H and O–H groups in total. The summed E-state index contributed by atoms with van der Waals surface area (Å²) in [6.07, 6.45) is 3.05. The van der Waals surface area contributed by atoms with E-state index < -0.39 is 0 Å². The second-order valence-corrected chi connectivity index (χ2v) is 5.29. The molecular formula is C11H13N3O2S. The molecule has 0 aliphatic heterocycles. The number of nitrogens with zero attached hydrogens (tertiary/aromatic N) is 2. The molecule has 1 fully saturated rings. The summed E-state index contributed by atoms with van der Waals surface area (Å²) >= 11 is 1.44. The normalized spacial score (nSPS) is 17.9. The lowest BCUT2D eigenvalue weighted by Gasteiger charge is -2.37. The van der Waals surface area contributed by atoms with Crippen molar-refractivity contribution in [2.24, 2.45) is 0 Å². The van der Waals surface area contributed by atoms with Gasteiger partial charge in [0.15, 0.2) is 0 Å². The monoisotopic (exact) mass is 251 g/mol. The molecule has 1 aliphatic rings. The van der Waals surface area contributed by atoms with Gasteiger partial charge < -0.3 is 15.0 Å². The number of nitrogens with two attached hydrogens (primary N) is 1. The van der Waals surface area contributed by atoms with E-state index in [9.17, 15) is 0 Å². The predicted molar refractivity (Wildman–Crippen MR) is 64.6 cm³/mol. The number of hydrogen-bond acceptors (Lipinski definition) is 6. The molecule has 3 rings (SSSR count). The van der Waals surface area contributed by atoms with Crippen molar-refractivity contribution in [2.75, 3.05) is 12.8 Å². The molecule has 0 aromatic carbocycles. The van der Waals surface area contributed by atoms with Gasteiger partial charge in [-0.25, -0.2) is 0 Å². The number of nitrogen functional groups attached to an aromatic ring is 1. The van der Waals surface area contributed by atoms with Gasteiger partial charge in [0.05, 0.1) is 9.88 Å². The second kappa shape index (κ2) is 3.82. The first-order chi connectivity index (χ1) is 8.23. The Hall–Kier alpha value is -1.40. The topological polar surface area (TPSA) is 74.2 Å². The van der Waals surface area contributed by atoms with Crippen molar-refractivity contribution in [2.45, 2.75) is 24.9 Å². The second-order valence-electron chi connectivity index (χ2n) is 4.18. The molecule has 17 heavy (non-hydrogen) atoms. The van der Waals surface area contributed by atoms with Crippen LogP contribution in [0.4, 0.5) is 5.00 Å². The molecule has 0 bridgehead atoms. The third-order valence-electron chi connectivity index (χ3n) is 3.22. The lowest BCUT2D eigenvalue weighted by Crippen LogP contribution is -2.37. The maximum atomic E-state index is 5.68. The minimum Gasteiger partial charge on any atom is -0.391 e. The van der Waals surface area contributed by atoms with E-state index in [4.69, 9.17) is 15.0 Å². The molecule has 5 nitrogen and oxygen atoms in total. The van der Waals surface area contributed by atoms with E-state index in [1.807, 2.05) is 12.1 Å². The highest BCUT2D eigenvalue weighted by Crippen LogP contribution is 2.43. The number of ether oxygens (including phenoxy) is 1. The van der Waals surface area contributed by atoms with Crippen LogP contribution in [-0.4, -0.2) is 17.3 Å². The van der Waals surface area contributed by atoms with Crippen LogP contribution in [0.3, 0.4) is 0 Å². The standard InChI is InChI=1S/C11H13N3O2S/c1-15-11(5-2-6-11)10-13-9(16-14-10)7-3-4-8(12)17-7/h3-4H,2,5-6,12H2,1H3. The Bertz CT molecular complexity index is 525. The minimum atomic E-state index is -0.329. The maximum Gasteiger partial charge on any atom is 0.268 e. The van der Waals surface area contributed by atoms with E-state index in [0.717, 1.165) is 29.1 Å². The van der Waals surface area contributed by atoms with E-state index >= 15 is 0 Å². The zero-order chi connectivity index (χ0) is 11.9. The summed E-state index contributed by atoms with van der Waals surface area (Å²) in [5.74, 6) is 1.17. The molecule has 1 saturated carbocycles. The fraction of sp³-hybridized carbons (Fsp3) is 0.455. The summed E-state index contributed by atoms with van der Waals surface area (Å²) < 4.78 is 10.8. The van der Waals surface area contributed by atoms with Crippen LogP contribution in [0.1, 0.15) is 25.1 Å². The van der Waals surface area contributed by atoms with Gasteiger partial charge in [-0.05, 0) is 31.4 Å². The van der Waals surface area contributed by atoms with Gasteiger partial charge in [-0.1, -0.05) is 5.16 Å². The average molecular weight is 251 g/mol. The van der Waals surface area contributed by atoms with Gasteiger partial charge in [-0.3, -0.25) is 0 Å². The Kier molecular flexibility index (Phi) is 2.41. The number of hydrogen-bond donors (Lipinski definition) is 1. The van der Waals surface area contributed by atoms with Gasteiger partial charge in [0.1, 0.15) is 5.60 Å². The van der Waals surface area contributed by atoms with Gasteiger partial charge in [-0.15, -0.1) is 11.3 Å². The molecular weight excluding hydrogens is 238 g/mol. The smallest absolute Gasteiger partial charge is 0.268 e. The first-order valence-corrected chi connectivity index (χ1v) is 6.30. The first-order valence-electron chi connectivity index (χ1n) is 5.48. The van der Waals surface area contributed by atoms with E-state index in [2.05, 4.69) is 10.1 Å². The molecule has 2 aromatic rings. The lowest BCUT2D eigenvalue weighted by atomic mass is 9.79. The van der Waals surface area contributed by atoms with Gasteiger partial charge >= 0.3 is 0 Å². The summed E-state index contributed by atoms with van der Waals surface area (Å²) in [6.45, 7) is 0. The Morgan fingerprint density at radius 3 is 2.82 bits per heavy atom. The number of rotatable bonds is 3. The Morgan fingerprint density at radius 1 is 1.47 bits per heavy atom. The highest BCUT2D eigenvalue weighted by atomic mass is 32.1. The quantitative estimate of drug-likeness (QED) is 0.906. The van der Waals surface area contributed by atoms with Crippen molar-refractivity contribution in [1.82, 2.24) is 10.1 Å². The maximum absolute atomic E-state index is 5.68. The highest BCUT2D eigenvalue weighted by molar-refractivity contribution is 7.19. The summed E-state index contributed by atoms with van der Waals surface area (Å²) in [5.41, 5.74) is 5.35. The van der Waals surface area contributed by atoms with Crippen LogP contribution in [0.25, 0.3) is 10.8 Å². The number of methoxy groups -OCH3 is 1. The van der Waals surface area contributed by atoms with Crippen molar-refractivity contribution < 1.29 is 9.26 Å². The summed E-state index contributed by atoms with van der Waals surface area (Å²) in [7, 11) is 1.69.